The summed E-state index contributed by atoms with van der Waals surface area (Å²) < 4.78 is 5.03. The Labute approximate surface area is 156 Å². The molecule has 1 fully saturated rings. The number of amides is 1. The van der Waals surface area contributed by atoms with Gasteiger partial charge in [-0.25, -0.2) is 9.97 Å². The van der Waals surface area contributed by atoms with Crippen LogP contribution in [0.25, 0.3) is 10.2 Å². The summed E-state index contributed by atoms with van der Waals surface area (Å²) in [6, 6.07) is 1.87. The molecule has 3 aromatic rings. The van der Waals surface area contributed by atoms with Gasteiger partial charge in [0.15, 0.2) is 0 Å². The zero-order chi connectivity index (χ0) is 18.1. The van der Waals surface area contributed by atoms with Gasteiger partial charge < -0.3 is 14.6 Å². The fourth-order valence-electron chi connectivity index (χ4n) is 3.48. The Morgan fingerprint density at radius 2 is 2.15 bits per heavy atom. The van der Waals surface area contributed by atoms with Crippen LogP contribution in [0.15, 0.2) is 29.3 Å². The van der Waals surface area contributed by atoms with Crippen LogP contribution in [-0.4, -0.2) is 29.0 Å². The fourth-order valence-corrected chi connectivity index (χ4v) is 4.48. The number of thiophene rings is 1. The molecule has 4 rings (SSSR count). The minimum atomic E-state index is 0.0563. The molecule has 0 unspecified atom stereocenters. The van der Waals surface area contributed by atoms with E-state index in [0.29, 0.717) is 6.54 Å². The van der Waals surface area contributed by atoms with Crippen molar-refractivity contribution < 1.29 is 9.21 Å². The first-order chi connectivity index (χ1) is 12.6. The summed E-state index contributed by atoms with van der Waals surface area (Å²) in [4.78, 5) is 26.0. The average molecular weight is 370 g/mol. The van der Waals surface area contributed by atoms with Crippen molar-refractivity contribution in [3.63, 3.8) is 0 Å². The SMILES string of the molecule is Cc1sc2ncnc(N3CCC(C(=O)NCc4ccoc4)CC3)c2c1C. The Kier molecular flexibility index (Phi) is 4.63. The van der Waals surface area contributed by atoms with E-state index >= 15 is 0 Å². The highest BCUT2D eigenvalue weighted by molar-refractivity contribution is 7.18. The Bertz CT molecular complexity index is 911. The number of fused-ring (bicyclic) bond motifs is 1. The number of anilines is 1. The summed E-state index contributed by atoms with van der Waals surface area (Å²) in [5, 5.41) is 4.17. The minimum absolute atomic E-state index is 0.0563. The maximum absolute atomic E-state index is 12.4. The number of piperidine rings is 1. The molecule has 136 valence electrons. The number of aromatic nitrogens is 2. The number of hydrogen-bond acceptors (Lipinski definition) is 6. The quantitative estimate of drug-likeness (QED) is 0.762. The van der Waals surface area contributed by atoms with E-state index in [9.17, 15) is 4.79 Å². The van der Waals surface area contributed by atoms with E-state index < -0.39 is 0 Å². The van der Waals surface area contributed by atoms with Crippen LogP contribution in [0.1, 0.15) is 28.8 Å². The van der Waals surface area contributed by atoms with E-state index in [4.69, 9.17) is 4.42 Å². The van der Waals surface area contributed by atoms with Gasteiger partial charge in [-0.2, -0.15) is 0 Å². The number of nitrogens with one attached hydrogen (secondary N) is 1. The molecule has 0 saturated carbocycles. The maximum atomic E-state index is 12.4. The normalized spacial score (nSPS) is 15.5. The molecular weight excluding hydrogens is 348 g/mol. The molecule has 4 heterocycles. The van der Waals surface area contributed by atoms with Crippen molar-refractivity contribution in [2.75, 3.05) is 18.0 Å². The van der Waals surface area contributed by atoms with Gasteiger partial charge >= 0.3 is 0 Å². The van der Waals surface area contributed by atoms with Crippen molar-refractivity contribution in [1.82, 2.24) is 15.3 Å². The molecule has 0 atom stereocenters. The van der Waals surface area contributed by atoms with Gasteiger partial charge in [0.05, 0.1) is 17.9 Å². The predicted octanol–water partition coefficient (Wildman–Crippen LogP) is 3.43. The van der Waals surface area contributed by atoms with Gasteiger partial charge in [0, 0.05) is 36.0 Å². The molecule has 0 bridgehead atoms. The third kappa shape index (κ3) is 3.19. The second-order valence-electron chi connectivity index (χ2n) is 6.77. The first-order valence-electron chi connectivity index (χ1n) is 8.88. The number of rotatable bonds is 4. The van der Waals surface area contributed by atoms with Crippen molar-refractivity contribution in [3.05, 3.63) is 40.9 Å². The molecule has 6 nitrogen and oxygen atoms in total. The lowest BCUT2D eigenvalue weighted by atomic mass is 9.95. The first-order valence-corrected chi connectivity index (χ1v) is 9.69. The van der Waals surface area contributed by atoms with Gasteiger partial charge in [-0.3, -0.25) is 4.79 Å². The standard InChI is InChI=1S/C19H22N4O2S/c1-12-13(2)26-19-16(12)17(21-11-22-19)23-6-3-15(4-7-23)18(24)20-9-14-5-8-25-10-14/h5,8,10-11,15H,3-4,6-7,9H2,1-2H3,(H,20,24). The largest absolute Gasteiger partial charge is 0.472 e. The Hall–Kier alpha value is -2.41. The fraction of sp³-hybridized carbons (Fsp3) is 0.421. The average Bonchev–Trinajstić information content (AvgIpc) is 3.28. The third-order valence-electron chi connectivity index (χ3n) is 5.16. The zero-order valence-electron chi connectivity index (χ0n) is 15.0. The lowest BCUT2D eigenvalue weighted by Crippen LogP contribution is -2.40. The van der Waals surface area contributed by atoms with E-state index in [0.717, 1.165) is 47.5 Å². The van der Waals surface area contributed by atoms with Gasteiger partial charge in [-0.05, 0) is 38.3 Å². The highest BCUT2D eigenvalue weighted by atomic mass is 32.1. The van der Waals surface area contributed by atoms with Gasteiger partial charge in [0.1, 0.15) is 17.0 Å². The van der Waals surface area contributed by atoms with Gasteiger partial charge in [-0.15, -0.1) is 11.3 Å². The summed E-state index contributed by atoms with van der Waals surface area (Å²) in [5.74, 6) is 1.19. The maximum Gasteiger partial charge on any atom is 0.223 e. The molecule has 0 aliphatic carbocycles. The van der Waals surface area contributed by atoms with Crippen LogP contribution in [0, 0.1) is 19.8 Å². The van der Waals surface area contributed by atoms with Crippen molar-refractivity contribution in [1.29, 1.82) is 0 Å². The smallest absolute Gasteiger partial charge is 0.223 e. The molecule has 1 N–H and O–H groups in total. The van der Waals surface area contributed by atoms with E-state index in [1.165, 1.54) is 10.4 Å². The van der Waals surface area contributed by atoms with Crippen molar-refractivity contribution in [3.8, 4) is 0 Å². The van der Waals surface area contributed by atoms with Crippen LogP contribution in [-0.2, 0) is 11.3 Å². The van der Waals surface area contributed by atoms with Gasteiger partial charge in [0.2, 0.25) is 5.91 Å². The molecule has 0 aromatic carbocycles. The highest BCUT2D eigenvalue weighted by Crippen LogP contribution is 2.35. The number of carbonyl (C=O) groups is 1. The van der Waals surface area contributed by atoms with Crippen LogP contribution >= 0.6 is 11.3 Å². The summed E-state index contributed by atoms with van der Waals surface area (Å²) in [5.41, 5.74) is 2.25. The molecule has 1 aliphatic heterocycles. The summed E-state index contributed by atoms with van der Waals surface area (Å²) in [7, 11) is 0. The topological polar surface area (TPSA) is 71.3 Å². The highest BCUT2D eigenvalue weighted by Gasteiger charge is 2.27. The van der Waals surface area contributed by atoms with E-state index in [1.807, 2.05) is 6.07 Å². The summed E-state index contributed by atoms with van der Waals surface area (Å²) in [6.07, 6.45) is 6.61. The molecule has 0 radical (unpaired) electrons. The number of carbonyl (C=O) groups excluding carboxylic acids is 1. The van der Waals surface area contributed by atoms with Gasteiger partial charge in [0.25, 0.3) is 0 Å². The molecular formula is C19H22N4O2S. The molecule has 1 saturated heterocycles. The van der Waals surface area contributed by atoms with Crippen molar-refractivity contribution in [2.45, 2.75) is 33.2 Å². The molecule has 0 spiro atoms. The lowest BCUT2D eigenvalue weighted by molar-refractivity contribution is -0.125. The van der Waals surface area contributed by atoms with Crippen molar-refractivity contribution in [2.24, 2.45) is 5.92 Å². The van der Waals surface area contributed by atoms with Crippen LogP contribution < -0.4 is 10.2 Å². The van der Waals surface area contributed by atoms with Crippen molar-refractivity contribution >= 4 is 33.3 Å². The molecule has 3 aromatic heterocycles. The molecule has 26 heavy (non-hydrogen) atoms. The van der Waals surface area contributed by atoms with Crippen LogP contribution in [0.2, 0.25) is 0 Å². The number of aryl methyl sites for hydroxylation is 2. The lowest BCUT2D eigenvalue weighted by Gasteiger charge is -2.32. The first kappa shape index (κ1) is 17.0. The monoisotopic (exact) mass is 370 g/mol. The van der Waals surface area contributed by atoms with E-state index in [-0.39, 0.29) is 11.8 Å². The molecule has 1 aliphatic rings. The molecule has 1 amide bonds. The summed E-state index contributed by atoms with van der Waals surface area (Å²) in [6.45, 7) is 6.46. The van der Waals surface area contributed by atoms with E-state index in [1.54, 1.807) is 30.2 Å². The summed E-state index contributed by atoms with van der Waals surface area (Å²) >= 11 is 1.72. The number of nitrogens with zero attached hydrogens (tertiary/aromatic N) is 3. The second kappa shape index (κ2) is 7.07. The Balaban J connectivity index is 1.41. The van der Waals surface area contributed by atoms with Gasteiger partial charge in [-0.1, -0.05) is 0 Å². The van der Waals surface area contributed by atoms with E-state index in [2.05, 4.69) is 34.0 Å². The zero-order valence-corrected chi connectivity index (χ0v) is 15.8. The minimum Gasteiger partial charge on any atom is -0.472 e. The van der Waals surface area contributed by atoms with Crippen LogP contribution in [0.5, 0.6) is 0 Å². The van der Waals surface area contributed by atoms with Crippen LogP contribution in [0.3, 0.4) is 0 Å². The second-order valence-corrected chi connectivity index (χ2v) is 7.97. The number of furan rings is 1. The predicted molar refractivity (Wildman–Crippen MR) is 102 cm³/mol. The Morgan fingerprint density at radius 3 is 2.88 bits per heavy atom. The third-order valence-corrected chi connectivity index (χ3v) is 6.27. The Morgan fingerprint density at radius 1 is 1.35 bits per heavy atom. The number of hydrogen-bond donors (Lipinski definition) is 1. The van der Waals surface area contributed by atoms with Crippen LogP contribution in [0.4, 0.5) is 5.82 Å². The molecule has 7 heteroatoms.